The van der Waals surface area contributed by atoms with E-state index >= 15 is 0 Å². The molecule has 1 aromatic heterocycles. The van der Waals surface area contributed by atoms with Gasteiger partial charge in [-0.3, -0.25) is 14.4 Å². The second-order valence-electron chi connectivity index (χ2n) is 8.09. The average molecular weight is 494 g/mol. The van der Waals surface area contributed by atoms with Crippen LogP contribution >= 0.6 is 11.3 Å². The van der Waals surface area contributed by atoms with Crippen LogP contribution in [0.25, 0.3) is 0 Å². The van der Waals surface area contributed by atoms with Crippen molar-refractivity contribution < 1.29 is 23.9 Å². The van der Waals surface area contributed by atoms with E-state index in [0.717, 1.165) is 16.8 Å². The maximum absolute atomic E-state index is 13.1. The quantitative estimate of drug-likeness (QED) is 0.476. The van der Waals surface area contributed by atoms with E-state index in [4.69, 9.17) is 9.47 Å². The fourth-order valence-electron chi connectivity index (χ4n) is 3.73. The van der Waals surface area contributed by atoms with Crippen LogP contribution in [0, 0.1) is 6.92 Å². The first-order valence-electron chi connectivity index (χ1n) is 11.3. The molecule has 1 aliphatic heterocycles. The second-order valence-corrected chi connectivity index (χ2v) is 9.04. The van der Waals surface area contributed by atoms with Crippen LogP contribution in [0.15, 0.2) is 66.0 Å². The van der Waals surface area contributed by atoms with Crippen LogP contribution in [0.1, 0.15) is 20.8 Å². The predicted octanol–water partition coefficient (Wildman–Crippen LogP) is 3.37. The van der Waals surface area contributed by atoms with Crippen LogP contribution in [-0.2, 0) is 25.7 Å². The van der Waals surface area contributed by atoms with Crippen molar-refractivity contribution >= 4 is 40.4 Å². The summed E-state index contributed by atoms with van der Waals surface area (Å²) in [5.41, 5.74) is 3.16. The van der Waals surface area contributed by atoms with Gasteiger partial charge in [0.1, 0.15) is 12.6 Å². The van der Waals surface area contributed by atoms with E-state index in [0.29, 0.717) is 30.3 Å². The summed E-state index contributed by atoms with van der Waals surface area (Å²) in [6, 6.07) is 17.6. The highest BCUT2D eigenvalue weighted by atomic mass is 32.1. The van der Waals surface area contributed by atoms with Crippen LogP contribution in [-0.4, -0.2) is 50.1 Å². The van der Waals surface area contributed by atoms with Gasteiger partial charge in [-0.05, 0) is 47.7 Å². The molecular formula is C26H27N3O5S. The Morgan fingerprint density at radius 2 is 1.97 bits per heavy atom. The number of thiophene rings is 1. The zero-order valence-corrected chi connectivity index (χ0v) is 20.2. The van der Waals surface area contributed by atoms with E-state index in [1.165, 1.54) is 11.3 Å². The summed E-state index contributed by atoms with van der Waals surface area (Å²) < 4.78 is 11.0. The van der Waals surface area contributed by atoms with Gasteiger partial charge >= 0.3 is 0 Å². The number of carbonyl (C=O) groups excluding carboxylic acids is 3. The molecule has 2 aromatic carbocycles. The first kappa shape index (κ1) is 24.6. The van der Waals surface area contributed by atoms with Crippen LogP contribution in [0.3, 0.4) is 0 Å². The van der Waals surface area contributed by atoms with E-state index in [1.807, 2.05) is 37.3 Å². The van der Waals surface area contributed by atoms with Gasteiger partial charge < -0.3 is 25.0 Å². The Balaban J connectivity index is 1.43. The van der Waals surface area contributed by atoms with Crippen molar-refractivity contribution in [2.75, 3.05) is 36.6 Å². The average Bonchev–Trinajstić information content (AvgIpc) is 3.40. The molecule has 3 amide bonds. The van der Waals surface area contributed by atoms with Gasteiger partial charge in [-0.25, -0.2) is 0 Å². The number of carbonyl (C=O) groups is 3. The zero-order chi connectivity index (χ0) is 24.6. The number of aryl methyl sites for hydroxylation is 1. The van der Waals surface area contributed by atoms with Gasteiger partial charge in [-0.2, -0.15) is 0 Å². The molecule has 1 saturated heterocycles. The molecule has 182 valence electrons. The molecule has 3 aromatic rings. The predicted molar refractivity (Wildman–Crippen MR) is 135 cm³/mol. The lowest BCUT2D eigenvalue weighted by molar-refractivity contribution is -0.125. The van der Waals surface area contributed by atoms with E-state index in [1.54, 1.807) is 40.6 Å². The molecule has 1 aliphatic rings. The lowest BCUT2D eigenvalue weighted by atomic mass is 10.1. The number of nitrogens with zero attached hydrogens (tertiary/aromatic N) is 1. The lowest BCUT2D eigenvalue weighted by Crippen LogP contribution is -2.46. The number of hydrogen-bond acceptors (Lipinski definition) is 6. The molecule has 0 saturated carbocycles. The van der Waals surface area contributed by atoms with Gasteiger partial charge in [0.25, 0.3) is 11.8 Å². The van der Waals surface area contributed by atoms with E-state index < -0.39 is 11.9 Å². The summed E-state index contributed by atoms with van der Waals surface area (Å²) in [6.07, 6.45) is 0. The minimum atomic E-state index is -0.894. The number of ether oxygens (including phenoxy) is 2. The van der Waals surface area contributed by atoms with Crippen LogP contribution in [0.4, 0.5) is 11.4 Å². The van der Waals surface area contributed by atoms with Crippen molar-refractivity contribution in [2.45, 2.75) is 19.6 Å². The maximum atomic E-state index is 13.1. The van der Waals surface area contributed by atoms with Gasteiger partial charge in [0.15, 0.2) is 0 Å². The Morgan fingerprint density at radius 1 is 1.14 bits per heavy atom. The largest absolute Gasteiger partial charge is 0.374 e. The Labute approximate surface area is 207 Å². The van der Waals surface area contributed by atoms with Gasteiger partial charge in [-0.1, -0.05) is 36.4 Å². The number of anilines is 2. The van der Waals surface area contributed by atoms with Crippen molar-refractivity contribution in [3.05, 3.63) is 82.0 Å². The monoisotopic (exact) mass is 493 g/mol. The van der Waals surface area contributed by atoms with Gasteiger partial charge in [-0.15, -0.1) is 11.3 Å². The number of benzene rings is 2. The van der Waals surface area contributed by atoms with E-state index in [9.17, 15) is 14.4 Å². The van der Waals surface area contributed by atoms with Gasteiger partial charge in [0.2, 0.25) is 5.91 Å². The molecule has 0 spiro atoms. The van der Waals surface area contributed by atoms with Crippen LogP contribution < -0.4 is 15.5 Å². The van der Waals surface area contributed by atoms with Crippen molar-refractivity contribution in [2.24, 2.45) is 0 Å². The number of amides is 3. The molecule has 8 nitrogen and oxygen atoms in total. The molecule has 0 aliphatic carbocycles. The molecule has 0 unspecified atom stereocenters. The van der Waals surface area contributed by atoms with Crippen molar-refractivity contribution in [3.8, 4) is 0 Å². The minimum absolute atomic E-state index is 0.0111. The SMILES string of the molecule is Cc1cc(NC(=O)[C@@H](COCc2ccccc2)NC(=O)c2cccs2)ccc1N1CCOCC1=O. The molecule has 35 heavy (non-hydrogen) atoms. The molecule has 0 bridgehead atoms. The topological polar surface area (TPSA) is 97.0 Å². The summed E-state index contributed by atoms with van der Waals surface area (Å²) in [4.78, 5) is 40.1. The fraction of sp³-hybridized carbons (Fsp3) is 0.269. The van der Waals surface area contributed by atoms with Crippen molar-refractivity contribution in [3.63, 3.8) is 0 Å². The number of nitrogens with one attached hydrogen (secondary N) is 2. The fourth-order valence-corrected chi connectivity index (χ4v) is 4.35. The lowest BCUT2D eigenvalue weighted by Gasteiger charge is -2.28. The Morgan fingerprint density at radius 3 is 2.69 bits per heavy atom. The van der Waals surface area contributed by atoms with E-state index in [2.05, 4.69) is 10.6 Å². The Kier molecular flexibility index (Phi) is 8.25. The molecule has 1 atom stereocenters. The smallest absolute Gasteiger partial charge is 0.262 e. The molecule has 1 fully saturated rings. The molecule has 0 radical (unpaired) electrons. The summed E-state index contributed by atoms with van der Waals surface area (Å²) in [6.45, 7) is 3.25. The standard InChI is InChI=1S/C26H27N3O5S/c1-18-14-20(9-10-22(18)29-11-12-33-17-24(29)30)27-25(31)21(28-26(32)23-8-5-13-35-23)16-34-15-19-6-3-2-4-7-19/h2-10,13-14,21H,11-12,15-17H2,1H3,(H,27,31)(H,28,32)/t21-/m1/s1. The Bertz CT molecular complexity index is 1170. The van der Waals surface area contributed by atoms with Crippen molar-refractivity contribution in [1.82, 2.24) is 5.32 Å². The first-order valence-corrected chi connectivity index (χ1v) is 12.1. The molecule has 9 heteroatoms. The summed E-state index contributed by atoms with van der Waals surface area (Å²) in [7, 11) is 0. The molecule has 2 heterocycles. The summed E-state index contributed by atoms with van der Waals surface area (Å²) in [5, 5.41) is 7.45. The summed E-state index contributed by atoms with van der Waals surface area (Å²) in [5.74, 6) is -0.818. The normalized spacial score (nSPS) is 14.4. The third kappa shape index (κ3) is 6.54. The minimum Gasteiger partial charge on any atom is -0.374 e. The zero-order valence-electron chi connectivity index (χ0n) is 19.4. The Hall–Kier alpha value is -3.53. The highest BCUT2D eigenvalue weighted by Gasteiger charge is 2.24. The third-order valence-electron chi connectivity index (χ3n) is 5.50. The molecular weight excluding hydrogens is 466 g/mol. The first-order chi connectivity index (χ1) is 17.0. The number of hydrogen-bond donors (Lipinski definition) is 2. The maximum Gasteiger partial charge on any atom is 0.262 e. The van der Waals surface area contributed by atoms with Crippen molar-refractivity contribution in [1.29, 1.82) is 0 Å². The number of morpholine rings is 1. The number of rotatable bonds is 9. The third-order valence-corrected chi connectivity index (χ3v) is 6.37. The molecule has 4 rings (SSSR count). The van der Waals surface area contributed by atoms with Gasteiger partial charge in [0, 0.05) is 17.9 Å². The highest BCUT2D eigenvalue weighted by molar-refractivity contribution is 7.12. The van der Waals surface area contributed by atoms with E-state index in [-0.39, 0.29) is 25.0 Å². The van der Waals surface area contributed by atoms with Gasteiger partial charge in [0.05, 0.1) is 24.7 Å². The van der Waals surface area contributed by atoms with Crippen LogP contribution in [0.5, 0.6) is 0 Å². The second kappa shape index (κ2) is 11.7. The van der Waals surface area contributed by atoms with Crippen LogP contribution in [0.2, 0.25) is 0 Å². The molecule has 2 N–H and O–H groups in total. The summed E-state index contributed by atoms with van der Waals surface area (Å²) >= 11 is 1.30. The highest BCUT2D eigenvalue weighted by Crippen LogP contribution is 2.25.